The van der Waals surface area contributed by atoms with E-state index in [0.29, 0.717) is 18.5 Å². The number of hydrogen-bond donors (Lipinski definition) is 2. The Hall–Kier alpha value is -2.14. The van der Waals surface area contributed by atoms with Crippen molar-refractivity contribution in [2.45, 2.75) is 32.1 Å². The summed E-state index contributed by atoms with van der Waals surface area (Å²) in [6.45, 7) is 0.701. The Morgan fingerprint density at radius 3 is 2.82 bits per heavy atom. The van der Waals surface area contributed by atoms with Crippen LogP contribution in [0.5, 0.6) is 0 Å². The molecule has 0 spiro atoms. The zero-order valence-corrected chi connectivity index (χ0v) is 12.7. The van der Waals surface area contributed by atoms with Crippen molar-refractivity contribution in [3.63, 3.8) is 0 Å². The number of carbonyl (C=O) groups is 2. The van der Waals surface area contributed by atoms with E-state index in [4.69, 9.17) is 5.21 Å². The molecule has 1 aliphatic heterocycles. The molecule has 2 amide bonds. The van der Waals surface area contributed by atoms with Gasteiger partial charge in [-0.05, 0) is 60.1 Å². The molecule has 0 atom stereocenters. The van der Waals surface area contributed by atoms with Gasteiger partial charge in [-0.15, -0.1) is 0 Å². The third-order valence-corrected chi connectivity index (χ3v) is 4.59. The molecule has 0 fully saturated rings. The molecule has 5 nitrogen and oxygen atoms in total. The van der Waals surface area contributed by atoms with E-state index >= 15 is 0 Å². The first-order valence-electron chi connectivity index (χ1n) is 7.62. The topological polar surface area (TPSA) is 69.6 Å². The van der Waals surface area contributed by atoms with Crippen molar-refractivity contribution in [2.24, 2.45) is 0 Å². The van der Waals surface area contributed by atoms with Crippen molar-refractivity contribution in [2.75, 3.05) is 13.6 Å². The molecular weight excluding hydrogens is 280 g/mol. The van der Waals surface area contributed by atoms with Gasteiger partial charge in [-0.1, -0.05) is 6.07 Å². The van der Waals surface area contributed by atoms with Gasteiger partial charge in [-0.3, -0.25) is 14.8 Å². The maximum atomic E-state index is 11.9. The molecule has 1 aromatic carbocycles. The number of hydrogen-bond acceptors (Lipinski definition) is 3. The van der Waals surface area contributed by atoms with E-state index in [-0.39, 0.29) is 5.91 Å². The average Bonchev–Trinajstić information content (AvgIpc) is 2.53. The number of amides is 2. The van der Waals surface area contributed by atoms with Crippen molar-refractivity contribution >= 4 is 17.4 Å². The third-order valence-electron chi connectivity index (χ3n) is 4.59. The van der Waals surface area contributed by atoms with Gasteiger partial charge in [0.15, 0.2) is 0 Å². The van der Waals surface area contributed by atoms with Crippen LogP contribution < -0.4 is 5.48 Å². The summed E-state index contributed by atoms with van der Waals surface area (Å²) >= 11 is 0. The zero-order chi connectivity index (χ0) is 15.7. The van der Waals surface area contributed by atoms with Crippen LogP contribution >= 0.6 is 0 Å². The number of benzene rings is 1. The van der Waals surface area contributed by atoms with Gasteiger partial charge < -0.3 is 4.90 Å². The zero-order valence-electron chi connectivity index (χ0n) is 12.7. The molecule has 1 aliphatic carbocycles. The fraction of sp³-hybridized carbons (Fsp3) is 0.412. The molecule has 0 unspecified atom stereocenters. The standard InChI is InChI=1S/C17H20N2O3/c1-19-10-13-6-5-11-9-12(17(21)18-22)7-8-15(11)14(13)3-2-4-16(19)20/h7-9,22H,2-6,10H2,1H3,(H,18,21). The highest BCUT2D eigenvalue weighted by atomic mass is 16.5. The first-order valence-corrected chi connectivity index (χ1v) is 7.62. The molecule has 0 radical (unpaired) electrons. The minimum atomic E-state index is -0.481. The number of allylic oxidation sites excluding steroid dienone is 1. The Labute approximate surface area is 129 Å². The molecule has 5 heteroatoms. The molecule has 0 saturated heterocycles. The first kappa shape index (κ1) is 14.8. The lowest BCUT2D eigenvalue weighted by atomic mass is 9.81. The molecule has 2 N–H and O–H groups in total. The molecule has 1 aromatic rings. The third kappa shape index (κ3) is 2.64. The second kappa shape index (κ2) is 5.93. The minimum absolute atomic E-state index is 0.215. The van der Waals surface area contributed by atoms with Gasteiger partial charge in [0.2, 0.25) is 5.91 Å². The average molecular weight is 300 g/mol. The molecule has 3 rings (SSSR count). The molecule has 2 aliphatic rings. The Morgan fingerprint density at radius 2 is 2.05 bits per heavy atom. The summed E-state index contributed by atoms with van der Waals surface area (Å²) in [7, 11) is 1.86. The van der Waals surface area contributed by atoms with Crippen LogP contribution in [0.1, 0.15) is 47.2 Å². The summed E-state index contributed by atoms with van der Waals surface area (Å²) in [5.74, 6) is -0.266. The van der Waals surface area contributed by atoms with Gasteiger partial charge in [-0.25, -0.2) is 5.48 Å². The van der Waals surface area contributed by atoms with Crippen LogP contribution in [-0.2, 0) is 11.2 Å². The Bertz CT molecular complexity index is 664. The molecule has 22 heavy (non-hydrogen) atoms. The van der Waals surface area contributed by atoms with Crippen molar-refractivity contribution in [3.05, 3.63) is 40.5 Å². The van der Waals surface area contributed by atoms with Gasteiger partial charge in [0.25, 0.3) is 5.91 Å². The van der Waals surface area contributed by atoms with E-state index in [1.165, 1.54) is 16.7 Å². The normalized spacial score (nSPS) is 18.3. The highest BCUT2D eigenvalue weighted by molar-refractivity contribution is 5.94. The minimum Gasteiger partial charge on any atom is -0.342 e. The molecule has 0 aromatic heterocycles. The summed E-state index contributed by atoms with van der Waals surface area (Å²) in [4.78, 5) is 25.2. The fourth-order valence-corrected chi connectivity index (χ4v) is 3.40. The smallest absolute Gasteiger partial charge is 0.274 e. The number of nitrogens with zero attached hydrogens (tertiary/aromatic N) is 1. The number of aryl methyl sites for hydroxylation is 1. The van der Waals surface area contributed by atoms with Crippen LogP contribution in [0.3, 0.4) is 0 Å². The lowest BCUT2D eigenvalue weighted by molar-refractivity contribution is -0.129. The number of rotatable bonds is 1. The fourth-order valence-electron chi connectivity index (χ4n) is 3.40. The van der Waals surface area contributed by atoms with Crippen molar-refractivity contribution < 1.29 is 14.8 Å². The second-order valence-corrected chi connectivity index (χ2v) is 6.00. The van der Waals surface area contributed by atoms with Crippen molar-refractivity contribution in [1.29, 1.82) is 0 Å². The monoisotopic (exact) mass is 300 g/mol. The maximum absolute atomic E-state index is 11.9. The van der Waals surface area contributed by atoms with Gasteiger partial charge in [0, 0.05) is 25.6 Å². The number of fused-ring (bicyclic) bond motifs is 2. The summed E-state index contributed by atoms with van der Waals surface area (Å²) in [5, 5.41) is 8.76. The van der Waals surface area contributed by atoms with Crippen LogP contribution in [0.2, 0.25) is 0 Å². The number of hydroxylamine groups is 1. The largest absolute Gasteiger partial charge is 0.342 e. The van der Waals surface area contributed by atoms with E-state index in [0.717, 1.165) is 31.2 Å². The van der Waals surface area contributed by atoms with E-state index in [2.05, 4.69) is 0 Å². The van der Waals surface area contributed by atoms with Crippen LogP contribution in [0, 0.1) is 0 Å². The van der Waals surface area contributed by atoms with Crippen LogP contribution in [0.4, 0.5) is 0 Å². The summed E-state index contributed by atoms with van der Waals surface area (Å²) in [6.07, 6.45) is 4.15. The summed E-state index contributed by atoms with van der Waals surface area (Å²) in [6, 6.07) is 5.57. The molecule has 1 heterocycles. The predicted octanol–water partition coefficient (Wildman–Crippen LogP) is 2.15. The Morgan fingerprint density at radius 1 is 1.23 bits per heavy atom. The second-order valence-electron chi connectivity index (χ2n) is 6.00. The molecular formula is C17H20N2O3. The van der Waals surface area contributed by atoms with Gasteiger partial charge in [-0.2, -0.15) is 0 Å². The van der Waals surface area contributed by atoms with Crippen LogP contribution in [0.15, 0.2) is 23.8 Å². The van der Waals surface area contributed by atoms with E-state index < -0.39 is 5.91 Å². The van der Waals surface area contributed by atoms with Crippen LogP contribution in [-0.4, -0.2) is 35.5 Å². The van der Waals surface area contributed by atoms with Gasteiger partial charge in [0.05, 0.1) is 0 Å². The highest BCUT2D eigenvalue weighted by Gasteiger charge is 2.24. The van der Waals surface area contributed by atoms with Crippen molar-refractivity contribution in [1.82, 2.24) is 10.4 Å². The predicted molar refractivity (Wildman–Crippen MR) is 82.4 cm³/mol. The number of nitrogens with one attached hydrogen (secondary N) is 1. The van der Waals surface area contributed by atoms with Gasteiger partial charge in [0.1, 0.15) is 0 Å². The van der Waals surface area contributed by atoms with Crippen molar-refractivity contribution in [3.8, 4) is 0 Å². The SMILES string of the molecule is CN1CC2=C(CCCC1=O)c1ccc(C(=O)NO)cc1CC2. The van der Waals surface area contributed by atoms with E-state index in [9.17, 15) is 9.59 Å². The number of likely N-dealkylation sites (N-methyl/N-ethyl adjacent to an activating group) is 1. The molecule has 0 bridgehead atoms. The van der Waals surface area contributed by atoms with Crippen LogP contribution in [0.25, 0.3) is 5.57 Å². The Balaban J connectivity index is 1.98. The maximum Gasteiger partial charge on any atom is 0.274 e. The Kier molecular flexibility index (Phi) is 3.98. The molecule has 116 valence electrons. The van der Waals surface area contributed by atoms with E-state index in [1.807, 2.05) is 24.1 Å². The first-order chi connectivity index (χ1) is 10.6. The van der Waals surface area contributed by atoms with Gasteiger partial charge >= 0.3 is 0 Å². The molecule has 0 saturated carbocycles. The quantitative estimate of drug-likeness (QED) is 0.617. The lowest BCUT2D eigenvalue weighted by Crippen LogP contribution is -2.31. The summed E-state index contributed by atoms with van der Waals surface area (Å²) in [5.41, 5.74) is 7.16. The van der Waals surface area contributed by atoms with E-state index in [1.54, 1.807) is 11.5 Å². The highest BCUT2D eigenvalue weighted by Crippen LogP contribution is 2.36. The number of carbonyl (C=O) groups excluding carboxylic acids is 2. The summed E-state index contributed by atoms with van der Waals surface area (Å²) < 4.78 is 0. The lowest BCUT2D eigenvalue weighted by Gasteiger charge is -2.29.